The van der Waals surface area contributed by atoms with Crippen LogP contribution >= 0.6 is 11.3 Å². The average molecular weight is 421 g/mol. The molecule has 0 radical (unpaired) electrons. The van der Waals surface area contributed by atoms with Crippen LogP contribution in [0.5, 0.6) is 0 Å². The normalized spacial score (nSPS) is 16.6. The summed E-state index contributed by atoms with van der Waals surface area (Å²) in [5, 5.41) is 10.3. The van der Waals surface area contributed by atoms with E-state index in [2.05, 4.69) is 11.1 Å². The van der Waals surface area contributed by atoms with Crippen molar-refractivity contribution < 1.29 is 4.79 Å². The van der Waals surface area contributed by atoms with Gasteiger partial charge < -0.3 is 9.88 Å². The van der Waals surface area contributed by atoms with E-state index in [9.17, 15) is 14.9 Å². The summed E-state index contributed by atoms with van der Waals surface area (Å²) in [5.74, 6) is 0.395. The molecule has 1 atom stereocenters. The summed E-state index contributed by atoms with van der Waals surface area (Å²) >= 11 is 1.72. The van der Waals surface area contributed by atoms with Crippen molar-refractivity contribution in [3.8, 4) is 6.07 Å². The minimum atomic E-state index is -0.364. The number of pyridine rings is 1. The number of nitrogens with zero attached hydrogens (tertiary/aromatic N) is 3. The topological polar surface area (TPSA) is 89.8 Å². The molecule has 7 heteroatoms. The van der Waals surface area contributed by atoms with Crippen LogP contribution in [0.1, 0.15) is 52.6 Å². The lowest BCUT2D eigenvalue weighted by atomic mass is 9.96. The van der Waals surface area contributed by atoms with Gasteiger partial charge in [-0.1, -0.05) is 12.1 Å². The van der Waals surface area contributed by atoms with E-state index in [0.29, 0.717) is 24.9 Å². The highest BCUT2D eigenvalue weighted by Gasteiger charge is 2.27. The van der Waals surface area contributed by atoms with Crippen molar-refractivity contribution in [2.45, 2.75) is 45.4 Å². The lowest BCUT2D eigenvalue weighted by Crippen LogP contribution is -2.39. The molecule has 0 aliphatic carbocycles. The molecule has 1 N–H and O–H groups in total. The molecule has 30 heavy (non-hydrogen) atoms. The summed E-state index contributed by atoms with van der Waals surface area (Å²) in [6, 6.07) is 10.1. The number of carbonyl (C=O) groups is 1. The number of nitrogens with one attached hydrogen (secondary N) is 1. The highest BCUT2D eigenvalue weighted by Crippen LogP contribution is 2.33. The van der Waals surface area contributed by atoms with Crippen molar-refractivity contribution in [1.82, 2.24) is 14.9 Å². The third kappa shape index (κ3) is 3.88. The Labute approximate surface area is 179 Å². The first-order chi connectivity index (χ1) is 14.5. The van der Waals surface area contributed by atoms with Gasteiger partial charge in [0, 0.05) is 31.1 Å². The number of thiazole rings is 1. The second kappa shape index (κ2) is 8.41. The number of nitriles is 1. The number of benzene rings is 1. The molecule has 1 aliphatic rings. The number of piperidine rings is 1. The van der Waals surface area contributed by atoms with E-state index in [4.69, 9.17) is 4.98 Å². The lowest BCUT2D eigenvalue weighted by molar-refractivity contribution is -0.132. The molecule has 4 rings (SSSR count). The number of rotatable bonds is 4. The number of amides is 1. The number of carbonyl (C=O) groups excluding carboxylic acids is 1. The van der Waals surface area contributed by atoms with E-state index in [1.54, 1.807) is 18.3 Å². The number of likely N-dealkylation sites (tertiary alicyclic amines) is 1. The molecule has 0 bridgehead atoms. The number of hydrogen-bond donors (Lipinski definition) is 1. The van der Waals surface area contributed by atoms with Crippen LogP contribution in [-0.2, 0) is 11.2 Å². The fourth-order valence-electron chi connectivity index (χ4n) is 4.28. The van der Waals surface area contributed by atoms with E-state index < -0.39 is 0 Å². The van der Waals surface area contributed by atoms with Crippen LogP contribution in [0.3, 0.4) is 0 Å². The van der Waals surface area contributed by atoms with Crippen molar-refractivity contribution in [2.24, 2.45) is 0 Å². The van der Waals surface area contributed by atoms with E-state index in [0.717, 1.165) is 41.2 Å². The number of fused-ring (bicyclic) bond motifs is 1. The Kier molecular flexibility index (Phi) is 5.69. The van der Waals surface area contributed by atoms with Gasteiger partial charge in [0.1, 0.15) is 11.6 Å². The molecule has 154 valence electrons. The van der Waals surface area contributed by atoms with Gasteiger partial charge in [-0.15, -0.1) is 11.3 Å². The second-order valence-corrected chi connectivity index (χ2v) is 8.93. The van der Waals surface area contributed by atoms with Crippen molar-refractivity contribution in [3.05, 3.63) is 62.0 Å². The van der Waals surface area contributed by atoms with Crippen LogP contribution in [0.25, 0.3) is 10.2 Å². The molecule has 6 nitrogen and oxygen atoms in total. The van der Waals surface area contributed by atoms with Gasteiger partial charge in [-0.25, -0.2) is 4.98 Å². The number of aromatic amines is 1. The van der Waals surface area contributed by atoms with Gasteiger partial charge >= 0.3 is 0 Å². The molecule has 3 heterocycles. The third-order valence-corrected chi connectivity index (χ3v) is 7.14. The van der Waals surface area contributed by atoms with Crippen LogP contribution in [-0.4, -0.2) is 33.9 Å². The first-order valence-corrected chi connectivity index (χ1v) is 11.0. The fourth-order valence-corrected chi connectivity index (χ4v) is 5.37. The average Bonchev–Trinajstić information content (AvgIpc) is 3.18. The standard InChI is InChI=1S/C23H24N4O2S/c1-14-17(15(2)25-22(29)18(14)12-24)9-10-21(28)27-11-5-6-16(13-27)23-26-19-7-3-4-8-20(19)30-23/h3-4,7-8,16H,5-6,9-11,13H2,1-2H3,(H,25,29)/t16-/m1/s1. The molecule has 3 aromatic rings. The minimum absolute atomic E-state index is 0.115. The summed E-state index contributed by atoms with van der Waals surface area (Å²) in [5.41, 5.74) is 3.10. The Bertz CT molecular complexity index is 1170. The molecule has 0 unspecified atom stereocenters. The molecular formula is C23H24N4O2S. The zero-order valence-electron chi connectivity index (χ0n) is 17.2. The first kappa shape index (κ1) is 20.3. The minimum Gasteiger partial charge on any atom is -0.342 e. The lowest BCUT2D eigenvalue weighted by Gasteiger charge is -2.32. The van der Waals surface area contributed by atoms with Gasteiger partial charge in [0.2, 0.25) is 5.91 Å². The summed E-state index contributed by atoms with van der Waals surface area (Å²) in [6.07, 6.45) is 2.91. The van der Waals surface area contributed by atoms with Crippen molar-refractivity contribution in [3.63, 3.8) is 0 Å². The molecule has 0 saturated carbocycles. The molecule has 2 aromatic heterocycles. The Morgan fingerprint density at radius 2 is 2.17 bits per heavy atom. The molecular weight excluding hydrogens is 396 g/mol. The maximum absolute atomic E-state index is 12.9. The van der Waals surface area contributed by atoms with Gasteiger partial charge in [0.15, 0.2) is 0 Å². The van der Waals surface area contributed by atoms with Crippen molar-refractivity contribution in [2.75, 3.05) is 13.1 Å². The maximum Gasteiger partial charge on any atom is 0.266 e. The first-order valence-electron chi connectivity index (χ1n) is 10.2. The fraction of sp³-hybridized carbons (Fsp3) is 0.391. The quantitative estimate of drug-likeness (QED) is 0.695. The van der Waals surface area contributed by atoms with E-state index in [1.807, 2.05) is 36.1 Å². The molecule has 1 amide bonds. The number of hydrogen-bond acceptors (Lipinski definition) is 5. The number of aromatic nitrogens is 2. The van der Waals surface area contributed by atoms with Gasteiger partial charge in [0.25, 0.3) is 5.56 Å². The number of para-hydroxylation sites is 1. The van der Waals surface area contributed by atoms with E-state index >= 15 is 0 Å². The SMILES string of the molecule is Cc1[nH]c(=O)c(C#N)c(C)c1CCC(=O)N1CCC[C@@H](c2nc3ccccc3s2)C1. The zero-order valence-corrected chi connectivity index (χ0v) is 18.0. The van der Waals surface area contributed by atoms with Gasteiger partial charge in [0.05, 0.1) is 15.2 Å². The van der Waals surface area contributed by atoms with Crippen LogP contribution in [0.4, 0.5) is 0 Å². The van der Waals surface area contributed by atoms with Gasteiger partial charge in [-0.2, -0.15) is 5.26 Å². The third-order valence-electron chi connectivity index (χ3n) is 5.94. The summed E-state index contributed by atoms with van der Waals surface area (Å²) in [4.78, 5) is 34.3. The number of aryl methyl sites for hydroxylation is 1. The van der Waals surface area contributed by atoms with Crippen LogP contribution in [0, 0.1) is 25.2 Å². The van der Waals surface area contributed by atoms with Gasteiger partial charge in [-0.3, -0.25) is 9.59 Å². The van der Waals surface area contributed by atoms with E-state index in [1.165, 1.54) is 4.70 Å². The predicted molar refractivity (Wildman–Crippen MR) is 118 cm³/mol. The monoisotopic (exact) mass is 420 g/mol. The molecule has 1 saturated heterocycles. The second-order valence-electron chi connectivity index (χ2n) is 7.87. The summed E-state index contributed by atoms with van der Waals surface area (Å²) in [6.45, 7) is 5.07. The largest absolute Gasteiger partial charge is 0.342 e. The Hall–Kier alpha value is -2.98. The molecule has 1 fully saturated rings. The van der Waals surface area contributed by atoms with Crippen molar-refractivity contribution in [1.29, 1.82) is 5.26 Å². The maximum atomic E-state index is 12.9. The van der Waals surface area contributed by atoms with Crippen LogP contribution in [0.15, 0.2) is 29.1 Å². The highest BCUT2D eigenvalue weighted by atomic mass is 32.1. The Morgan fingerprint density at radius 3 is 2.93 bits per heavy atom. The molecule has 1 aromatic carbocycles. The van der Waals surface area contributed by atoms with Gasteiger partial charge in [-0.05, 0) is 56.4 Å². The van der Waals surface area contributed by atoms with Crippen LogP contribution in [0.2, 0.25) is 0 Å². The summed E-state index contributed by atoms with van der Waals surface area (Å²) in [7, 11) is 0. The number of H-pyrrole nitrogens is 1. The predicted octanol–water partition coefficient (Wildman–Crippen LogP) is 3.81. The van der Waals surface area contributed by atoms with E-state index in [-0.39, 0.29) is 22.9 Å². The van der Waals surface area contributed by atoms with Crippen molar-refractivity contribution >= 4 is 27.5 Å². The summed E-state index contributed by atoms with van der Waals surface area (Å²) < 4.78 is 1.19. The molecule has 1 aliphatic heterocycles. The molecule has 0 spiro atoms. The highest BCUT2D eigenvalue weighted by molar-refractivity contribution is 7.18. The smallest absolute Gasteiger partial charge is 0.266 e. The zero-order chi connectivity index (χ0) is 21.3. The van der Waals surface area contributed by atoms with Crippen LogP contribution < -0.4 is 5.56 Å². The Balaban J connectivity index is 1.45. The Morgan fingerprint density at radius 1 is 1.37 bits per heavy atom.